The summed E-state index contributed by atoms with van der Waals surface area (Å²) in [5, 5.41) is 0. The van der Waals surface area contributed by atoms with Gasteiger partial charge in [0.2, 0.25) is 0 Å². The Morgan fingerprint density at radius 3 is 2.24 bits per heavy atom. The summed E-state index contributed by atoms with van der Waals surface area (Å²) in [6.07, 6.45) is 4.25. The molecule has 1 saturated carbocycles. The molecule has 0 radical (unpaired) electrons. The number of alkyl halides is 3. The molecule has 0 aromatic heterocycles. The Morgan fingerprint density at radius 2 is 1.71 bits per heavy atom. The van der Waals surface area contributed by atoms with E-state index in [9.17, 15) is 13.2 Å². The van der Waals surface area contributed by atoms with E-state index in [2.05, 4.69) is 6.08 Å². The van der Waals surface area contributed by atoms with Gasteiger partial charge in [-0.1, -0.05) is 24.3 Å². The Balaban J connectivity index is 1.90. The van der Waals surface area contributed by atoms with Crippen molar-refractivity contribution >= 4 is 0 Å². The summed E-state index contributed by atoms with van der Waals surface area (Å²) >= 11 is 0. The number of benzene rings is 1. The van der Waals surface area contributed by atoms with Crippen LogP contribution in [0.3, 0.4) is 0 Å². The molecule has 0 aliphatic heterocycles. The molecule has 0 spiro atoms. The minimum Gasteiger partial charge on any atom is -0.381 e. The van der Waals surface area contributed by atoms with Gasteiger partial charge in [0.15, 0.2) is 0 Å². The lowest BCUT2D eigenvalue weighted by molar-refractivity contribution is -0.137. The fraction of sp³-hybridized carbons (Fsp3) is 0.529. The first-order valence-corrected chi connectivity index (χ1v) is 7.33. The monoisotopic (exact) mass is 298 g/mol. The third-order valence-electron chi connectivity index (χ3n) is 4.15. The van der Waals surface area contributed by atoms with Crippen molar-refractivity contribution in [2.45, 2.75) is 37.8 Å². The van der Waals surface area contributed by atoms with E-state index in [1.807, 2.05) is 6.08 Å². The summed E-state index contributed by atoms with van der Waals surface area (Å²) in [7, 11) is 1.67. The highest BCUT2D eigenvalue weighted by Crippen LogP contribution is 2.37. The van der Waals surface area contributed by atoms with Crippen LogP contribution in [0.5, 0.6) is 0 Å². The maximum Gasteiger partial charge on any atom is 0.416 e. The van der Waals surface area contributed by atoms with Crippen LogP contribution in [-0.4, -0.2) is 13.7 Å². The molecule has 1 aliphatic rings. The van der Waals surface area contributed by atoms with Crippen LogP contribution in [0, 0.1) is 5.92 Å². The van der Waals surface area contributed by atoms with Crippen molar-refractivity contribution in [1.82, 2.24) is 0 Å². The second kappa shape index (κ2) is 7.12. The van der Waals surface area contributed by atoms with Gasteiger partial charge in [-0.25, -0.2) is 0 Å². The molecule has 0 N–H and O–H groups in total. The Hall–Kier alpha value is -1.29. The Labute approximate surface area is 123 Å². The molecule has 1 aromatic carbocycles. The van der Waals surface area contributed by atoms with Crippen LogP contribution < -0.4 is 0 Å². The molecule has 1 aromatic rings. The number of hydrogen-bond acceptors (Lipinski definition) is 1. The number of methoxy groups -OCH3 is 1. The topological polar surface area (TPSA) is 9.23 Å². The molecule has 0 bridgehead atoms. The third kappa shape index (κ3) is 4.60. The first-order valence-electron chi connectivity index (χ1n) is 7.33. The molecule has 1 fully saturated rings. The molecule has 0 atom stereocenters. The van der Waals surface area contributed by atoms with Gasteiger partial charge in [-0.05, 0) is 55.2 Å². The number of ether oxygens (including phenoxy) is 1. The summed E-state index contributed by atoms with van der Waals surface area (Å²) in [5.41, 5.74) is 0.463. The summed E-state index contributed by atoms with van der Waals surface area (Å²) in [4.78, 5) is 0. The highest BCUT2D eigenvalue weighted by atomic mass is 19.4. The van der Waals surface area contributed by atoms with Gasteiger partial charge in [0.25, 0.3) is 0 Å². The molecule has 116 valence electrons. The normalized spacial score (nSPS) is 23.6. The number of rotatable bonds is 4. The predicted octanol–water partition coefficient (Wildman–Crippen LogP) is 5.18. The molecule has 21 heavy (non-hydrogen) atoms. The number of halogens is 3. The van der Waals surface area contributed by atoms with Crippen molar-refractivity contribution in [3.8, 4) is 0 Å². The second-order valence-electron chi connectivity index (χ2n) is 5.61. The maximum absolute atomic E-state index is 12.5. The lowest BCUT2D eigenvalue weighted by Crippen LogP contribution is -2.12. The highest BCUT2D eigenvalue weighted by molar-refractivity contribution is 5.27. The average molecular weight is 298 g/mol. The van der Waals surface area contributed by atoms with Gasteiger partial charge in [-0.3, -0.25) is 0 Å². The first kappa shape index (κ1) is 16.1. The molecule has 1 nitrogen and oxygen atoms in total. The largest absolute Gasteiger partial charge is 0.416 e. The van der Waals surface area contributed by atoms with Crippen LogP contribution in [0.1, 0.15) is 42.7 Å². The zero-order chi connectivity index (χ0) is 15.3. The van der Waals surface area contributed by atoms with E-state index in [1.54, 1.807) is 19.2 Å². The van der Waals surface area contributed by atoms with E-state index in [0.29, 0.717) is 18.4 Å². The highest BCUT2D eigenvalue weighted by Gasteiger charge is 2.30. The molecule has 0 amide bonds. The average Bonchev–Trinajstić information content (AvgIpc) is 2.48. The number of hydrogen-bond donors (Lipinski definition) is 0. The van der Waals surface area contributed by atoms with Crippen molar-refractivity contribution in [3.63, 3.8) is 0 Å². The van der Waals surface area contributed by atoms with Crippen LogP contribution in [0.15, 0.2) is 36.4 Å². The van der Waals surface area contributed by atoms with Crippen LogP contribution in [-0.2, 0) is 10.9 Å². The minimum absolute atomic E-state index is 0.388. The Morgan fingerprint density at radius 1 is 1.10 bits per heavy atom. The van der Waals surface area contributed by atoms with Crippen LogP contribution in [0.25, 0.3) is 0 Å². The van der Waals surface area contributed by atoms with Crippen LogP contribution in [0.2, 0.25) is 0 Å². The summed E-state index contributed by atoms with van der Waals surface area (Å²) in [5.74, 6) is 0.963. The maximum atomic E-state index is 12.5. The van der Waals surface area contributed by atoms with Gasteiger partial charge >= 0.3 is 6.18 Å². The van der Waals surface area contributed by atoms with E-state index >= 15 is 0 Å². The van der Waals surface area contributed by atoms with Crippen molar-refractivity contribution in [3.05, 3.63) is 47.5 Å². The standard InChI is InChI=1S/C17H21F3O/c1-21-12-2-3-13-4-6-14(7-5-13)15-8-10-16(11-9-15)17(18,19)20/h2-3,8-11,13-14H,4-7,12H2,1H3/t13-,14-. The van der Waals surface area contributed by atoms with Crippen molar-refractivity contribution in [1.29, 1.82) is 0 Å². The third-order valence-corrected chi connectivity index (χ3v) is 4.15. The fourth-order valence-corrected chi connectivity index (χ4v) is 2.93. The summed E-state index contributed by atoms with van der Waals surface area (Å²) in [6.45, 7) is 0.638. The molecule has 0 heterocycles. The van der Waals surface area contributed by atoms with Gasteiger partial charge in [0, 0.05) is 7.11 Å². The Bertz CT molecular complexity index is 454. The van der Waals surface area contributed by atoms with Crippen LogP contribution in [0.4, 0.5) is 13.2 Å². The van der Waals surface area contributed by atoms with E-state index in [0.717, 1.165) is 31.2 Å². The smallest absolute Gasteiger partial charge is 0.381 e. The molecule has 1 aliphatic carbocycles. The summed E-state index contributed by atoms with van der Waals surface area (Å²) < 4.78 is 42.6. The fourth-order valence-electron chi connectivity index (χ4n) is 2.93. The molecule has 0 unspecified atom stereocenters. The molecular weight excluding hydrogens is 277 g/mol. The second-order valence-corrected chi connectivity index (χ2v) is 5.61. The van der Waals surface area contributed by atoms with Gasteiger partial charge in [0.1, 0.15) is 0 Å². The Kier molecular flexibility index (Phi) is 5.45. The van der Waals surface area contributed by atoms with Crippen molar-refractivity contribution < 1.29 is 17.9 Å². The molecule has 2 rings (SSSR count). The van der Waals surface area contributed by atoms with Gasteiger partial charge in [-0.2, -0.15) is 13.2 Å². The quantitative estimate of drug-likeness (QED) is 0.696. The SMILES string of the molecule is COCC=C[C@H]1CC[C@H](c2ccc(C(F)(F)F)cc2)CC1. The summed E-state index contributed by atoms with van der Waals surface area (Å²) in [6, 6.07) is 5.66. The van der Waals surface area contributed by atoms with Gasteiger partial charge in [-0.15, -0.1) is 0 Å². The predicted molar refractivity (Wildman–Crippen MR) is 77.2 cm³/mol. The zero-order valence-corrected chi connectivity index (χ0v) is 12.2. The van der Waals surface area contributed by atoms with Crippen molar-refractivity contribution in [2.75, 3.05) is 13.7 Å². The van der Waals surface area contributed by atoms with Crippen LogP contribution >= 0.6 is 0 Å². The lowest BCUT2D eigenvalue weighted by Gasteiger charge is -2.27. The number of allylic oxidation sites excluding steroid dienone is 1. The molecule has 0 saturated heterocycles. The van der Waals surface area contributed by atoms with E-state index in [1.165, 1.54) is 12.1 Å². The van der Waals surface area contributed by atoms with E-state index in [-0.39, 0.29) is 0 Å². The van der Waals surface area contributed by atoms with Crippen molar-refractivity contribution in [2.24, 2.45) is 5.92 Å². The van der Waals surface area contributed by atoms with Gasteiger partial charge in [0.05, 0.1) is 12.2 Å². The first-order chi connectivity index (χ1) is 10.0. The zero-order valence-electron chi connectivity index (χ0n) is 12.2. The van der Waals surface area contributed by atoms with Gasteiger partial charge < -0.3 is 4.74 Å². The van der Waals surface area contributed by atoms with E-state index in [4.69, 9.17) is 4.74 Å². The minimum atomic E-state index is -4.25. The van der Waals surface area contributed by atoms with E-state index < -0.39 is 11.7 Å². The lowest BCUT2D eigenvalue weighted by atomic mass is 9.78. The molecular formula is C17H21F3O. The molecule has 4 heteroatoms.